The lowest BCUT2D eigenvalue weighted by Gasteiger charge is -2.29. The summed E-state index contributed by atoms with van der Waals surface area (Å²) in [5.74, 6) is 0.533. The number of rotatable bonds is 4. The molecule has 0 saturated carbocycles. The molecule has 21 heavy (non-hydrogen) atoms. The van der Waals surface area contributed by atoms with Crippen molar-refractivity contribution in [2.24, 2.45) is 5.92 Å². The van der Waals surface area contributed by atoms with Crippen LogP contribution in [0.4, 0.5) is 10.5 Å². The van der Waals surface area contributed by atoms with Crippen LogP contribution in [0.3, 0.4) is 0 Å². The first-order chi connectivity index (χ1) is 10.2. The second-order valence-electron chi connectivity index (χ2n) is 5.37. The van der Waals surface area contributed by atoms with Crippen LogP contribution in [-0.4, -0.2) is 37.1 Å². The number of nitrogens with zero attached hydrogens (tertiary/aromatic N) is 2. The Hall–Kier alpha value is -2.06. The summed E-state index contributed by atoms with van der Waals surface area (Å²) in [6.45, 7) is 5.54. The molecule has 2 N–H and O–H groups in total. The maximum atomic E-state index is 12.3. The molecule has 0 aromatic heterocycles. The summed E-state index contributed by atoms with van der Waals surface area (Å²) in [4.78, 5) is 14.1. The van der Waals surface area contributed by atoms with Crippen LogP contribution in [0.5, 0.6) is 0 Å². The molecule has 1 unspecified atom stereocenters. The van der Waals surface area contributed by atoms with E-state index in [0.29, 0.717) is 18.0 Å². The lowest BCUT2D eigenvalue weighted by molar-refractivity contribution is 0.197. The van der Waals surface area contributed by atoms with Crippen LogP contribution in [0.2, 0.25) is 0 Å². The highest BCUT2D eigenvalue weighted by Gasteiger charge is 2.19. The van der Waals surface area contributed by atoms with Gasteiger partial charge in [-0.25, -0.2) is 4.79 Å². The van der Waals surface area contributed by atoms with E-state index in [1.165, 1.54) is 12.8 Å². The molecule has 1 aromatic rings. The monoisotopic (exact) mass is 286 g/mol. The average molecular weight is 286 g/mol. The molecule has 2 rings (SSSR count). The van der Waals surface area contributed by atoms with E-state index in [1.807, 2.05) is 11.8 Å². The molecule has 1 aromatic carbocycles. The third kappa shape index (κ3) is 4.47. The van der Waals surface area contributed by atoms with E-state index in [0.717, 1.165) is 25.3 Å². The second-order valence-corrected chi connectivity index (χ2v) is 5.37. The van der Waals surface area contributed by atoms with Gasteiger partial charge in [0.1, 0.15) is 0 Å². The van der Waals surface area contributed by atoms with Gasteiger partial charge in [-0.15, -0.1) is 0 Å². The van der Waals surface area contributed by atoms with Gasteiger partial charge in [0.25, 0.3) is 0 Å². The van der Waals surface area contributed by atoms with Gasteiger partial charge in [-0.2, -0.15) is 5.26 Å². The van der Waals surface area contributed by atoms with Crippen molar-refractivity contribution in [1.82, 2.24) is 10.2 Å². The van der Waals surface area contributed by atoms with E-state index in [-0.39, 0.29) is 6.03 Å². The number of anilines is 1. The molecule has 1 aliphatic rings. The lowest BCUT2D eigenvalue weighted by Crippen LogP contribution is -2.42. The summed E-state index contributed by atoms with van der Waals surface area (Å²) in [6, 6.07) is 8.91. The minimum absolute atomic E-state index is 0.0761. The molecular formula is C16H22N4O. The number of hydrogen-bond acceptors (Lipinski definition) is 3. The minimum Gasteiger partial charge on any atom is -0.324 e. The molecule has 0 bridgehead atoms. The zero-order valence-corrected chi connectivity index (χ0v) is 12.4. The number of piperidine rings is 1. The van der Waals surface area contributed by atoms with Crippen LogP contribution in [0.15, 0.2) is 24.3 Å². The molecule has 1 aliphatic heterocycles. The Morgan fingerprint density at radius 3 is 2.81 bits per heavy atom. The van der Waals surface area contributed by atoms with Gasteiger partial charge in [0, 0.05) is 18.8 Å². The Morgan fingerprint density at radius 1 is 1.48 bits per heavy atom. The first-order valence-electron chi connectivity index (χ1n) is 7.49. The number of carbonyl (C=O) groups is 1. The third-order valence-electron chi connectivity index (χ3n) is 3.81. The third-order valence-corrected chi connectivity index (χ3v) is 3.81. The first-order valence-corrected chi connectivity index (χ1v) is 7.49. The topological polar surface area (TPSA) is 68.2 Å². The molecular weight excluding hydrogens is 264 g/mol. The zero-order valence-electron chi connectivity index (χ0n) is 12.4. The van der Waals surface area contributed by atoms with Crippen molar-refractivity contribution in [2.75, 3.05) is 31.5 Å². The van der Waals surface area contributed by atoms with E-state index in [9.17, 15) is 4.79 Å². The van der Waals surface area contributed by atoms with Crippen LogP contribution >= 0.6 is 0 Å². The van der Waals surface area contributed by atoms with Crippen LogP contribution in [0, 0.1) is 17.2 Å². The van der Waals surface area contributed by atoms with E-state index < -0.39 is 0 Å². The first kappa shape index (κ1) is 15.3. The normalized spacial score (nSPS) is 17.8. The van der Waals surface area contributed by atoms with E-state index in [1.54, 1.807) is 24.3 Å². The fraction of sp³-hybridized carbons (Fsp3) is 0.500. The number of urea groups is 1. The molecule has 1 fully saturated rings. The molecule has 0 spiro atoms. The van der Waals surface area contributed by atoms with Gasteiger partial charge in [-0.3, -0.25) is 0 Å². The summed E-state index contributed by atoms with van der Waals surface area (Å²) >= 11 is 0. The van der Waals surface area contributed by atoms with Gasteiger partial charge in [0.2, 0.25) is 0 Å². The predicted molar refractivity (Wildman–Crippen MR) is 83.0 cm³/mol. The summed E-state index contributed by atoms with van der Waals surface area (Å²) in [5.41, 5.74) is 1.31. The molecule has 112 valence electrons. The molecule has 1 heterocycles. The Bertz CT molecular complexity index is 500. The quantitative estimate of drug-likeness (QED) is 0.893. The van der Waals surface area contributed by atoms with Gasteiger partial charge in [0.15, 0.2) is 0 Å². The number of carbonyl (C=O) groups excluding carboxylic acids is 1. The fourth-order valence-electron chi connectivity index (χ4n) is 2.58. The minimum atomic E-state index is -0.0761. The van der Waals surface area contributed by atoms with Crippen LogP contribution < -0.4 is 10.6 Å². The van der Waals surface area contributed by atoms with Crippen molar-refractivity contribution in [2.45, 2.75) is 19.8 Å². The summed E-state index contributed by atoms with van der Waals surface area (Å²) in [6.07, 6.45) is 2.35. The predicted octanol–water partition coefficient (Wildman–Crippen LogP) is 2.41. The lowest BCUT2D eigenvalue weighted by atomic mass is 9.99. The van der Waals surface area contributed by atoms with E-state index in [2.05, 4.69) is 16.7 Å². The van der Waals surface area contributed by atoms with Crippen molar-refractivity contribution in [1.29, 1.82) is 5.26 Å². The number of amides is 2. The Labute approximate surface area is 125 Å². The van der Waals surface area contributed by atoms with Crippen molar-refractivity contribution >= 4 is 11.7 Å². The largest absolute Gasteiger partial charge is 0.324 e. The van der Waals surface area contributed by atoms with Gasteiger partial charge >= 0.3 is 6.03 Å². The highest BCUT2D eigenvalue weighted by Crippen LogP contribution is 2.14. The smallest absolute Gasteiger partial charge is 0.321 e. The summed E-state index contributed by atoms with van der Waals surface area (Å²) in [7, 11) is 0. The molecule has 1 saturated heterocycles. The number of nitriles is 1. The summed E-state index contributed by atoms with van der Waals surface area (Å²) in [5, 5.41) is 15.0. The van der Waals surface area contributed by atoms with Gasteiger partial charge in [-0.05, 0) is 63.0 Å². The van der Waals surface area contributed by atoms with Gasteiger partial charge in [-0.1, -0.05) is 0 Å². The van der Waals surface area contributed by atoms with Crippen molar-refractivity contribution in [3.63, 3.8) is 0 Å². The van der Waals surface area contributed by atoms with Crippen molar-refractivity contribution in [3.05, 3.63) is 29.8 Å². The number of benzene rings is 1. The Kier molecular flexibility index (Phi) is 5.59. The average Bonchev–Trinajstić information content (AvgIpc) is 2.54. The standard InChI is InChI=1S/C16H22N4O/c1-2-20(12-14-4-3-9-18-11-14)16(21)19-15-7-5-13(10-17)6-8-15/h5-8,14,18H,2-4,9,11-12H2,1H3,(H,19,21). The SMILES string of the molecule is CCN(CC1CCCNC1)C(=O)Nc1ccc(C#N)cc1. The maximum Gasteiger partial charge on any atom is 0.321 e. The highest BCUT2D eigenvalue weighted by atomic mass is 16.2. The Morgan fingerprint density at radius 2 is 2.24 bits per heavy atom. The van der Waals surface area contributed by atoms with Gasteiger partial charge < -0.3 is 15.5 Å². The van der Waals surface area contributed by atoms with Crippen LogP contribution in [0.1, 0.15) is 25.3 Å². The zero-order chi connectivity index (χ0) is 15.1. The molecule has 1 atom stereocenters. The molecule has 0 radical (unpaired) electrons. The molecule has 5 heteroatoms. The van der Waals surface area contributed by atoms with Gasteiger partial charge in [0.05, 0.1) is 11.6 Å². The highest BCUT2D eigenvalue weighted by molar-refractivity contribution is 5.89. The van der Waals surface area contributed by atoms with Crippen molar-refractivity contribution < 1.29 is 4.79 Å². The molecule has 0 aliphatic carbocycles. The number of hydrogen-bond donors (Lipinski definition) is 2. The van der Waals surface area contributed by atoms with Crippen LogP contribution in [0.25, 0.3) is 0 Å². The summed E-state index contributed by atoms with van der Waals surface area (Å²) < 4.78 is 0. The number of nitrogens with one attached hydrogen (secondary N) is 2. The second kappa shape index (κ2) is 7.65. The maximum absolute atomic E-state index is 12.3. The Balaban J connectivity index is 1.90. The molecule has 2 amide bonds. The van der Waals surface area contributed by atoms with Crippen LogP contribution in [-0.2, 0) is 0 Å². The van der Waals surface area contributed by atoms with E-state index >= 15 is 0 Å². The van der Waals surface area contributed by atoms with E-state index in [4.69, 9.17) is 5.26 Å². The fourth-order valence-corrected chi connectivity index (χ4v) is 2.58. The molecule has 5 nitrogen and oxygen atoms in total. The van der Waals surface area contributed by atoms with Crippen molar-refractivity contribution in [3.8, 4) is 6.07 Å².